The Morgan fingerprint density at radius 3 is 1.82 bits per heavy atom. The summed E-state index contributed by atoms with van der Waals surface area (Å²) < 4.78 is 0. The van der Waals surface area contributed by atoms with E-state index < -0.39 is 0 Å². The Morgan fingerprint density at radius 1 is 0.909 bits per heavy atom. The molecule has 0 atom stereocenters. The van der Waals surface area contributed by atoms with Crippen LogP contribution in [0.3, 0.4) is 0 Å². The molecular weight excluding hydrogens is 132 g/mol. The highest BCUT2D eigenvalue weighted by atomic mass is 13.9. The molecule has 0 aromatic rings. The highest BCUT2D eigenvalue weighted by Gasteiger charge is 1.84. The number of hydrogen-bond donors (Lipinski definition) is 0. The van der Waals surface area contributed by atoms with E-state index >= 15 is 0 Å². The first-order chi connectivity index (χ1) is 5.07. The van der Waals surface area contributed by atoms with Crippen LogP contribution < -0.4 is 0 Å². The monoisotopic (exact) mass is 150 g/mol. The van der Waals surface area contributed by atoms with Crippen LogP contribution >= 0.6 is 0 Å². The van der Waals surface area contributed by atoms with Gasteiger partial charge in [-0.15, -0.1) is 0 Å². The SMILES string of the molecule is CC=C(C)/C=C/C(C)=C(C)C. The van der Waals surface area contributed by atoms with E-state index in [2.05, 4.69) is 52.8 Å². The first kappa shape index (κ1) is 10.2. The summed E-state index contributed by atoms with van der Waals surface area (Å²) in [7, 11) is 0. The molecule has 0 aliphatic carbocycles. The Labute approximate surface area is 70.3 Å². The molecule has 0 aromatic carbocycles. The average Bonchev–Trinajstić information content (AvgIpc) is 1.99. The molecule has 0 saturated heterocycles. The highest BCUT2D eigenvalue weighted by Crippen LogP contribution is 2.05. The molecule has 0 N–H and O–H groups in total. The van der Waals surface area contributed by atoms with Crippen LogP contribution in [0.2, 0.25) is 0 Å². The van der Waals surface area contributed by atoms with Crippen molar-refractivity contribution in [2.45, 2.75) is 34.6 Å². The van der Waals surface area contributed by atoms with Crippen LogP contribution in [0.15, 0.2) is 34.9 Å². The lowest BCUT2D eigenvalue weighted by molar-refractivity contribution is 1.29. The summed E-state index contributed by atoms with van der Waals surface area (Å²) in [5.74, 6) is 0. The molecule has 0 radical (unpaired) electrons. The van der Waals surface area contributed by atoms with Crippen LogP contribution in [0.25, 0.3) is 0 Å². The topological polar surface area (TPSA) is 0 Å². The Balaban J connectivity index is 4.27. The molecule has 0 heterocycles. The maximum atomic E-state index is 2.16. The Kier molecular flexibility index (Phi) is 4.60. The van der Waals surface area contributed by atoms with E-state index in [4.69, 9.17) is 0 Å². The van der Waals surface area contributed by atoms with Gasteiger partial charge in [-0.3, -0.25) is 0 Å². The molecule has 0 amide bonds. The van der Waals surface area contributed by atoms with E-state index in [0.717, 1.165) is 0 Å². The summed E-state index contributed by atoms with van der Waals surface area (Å²) in [6, 6.07) is 0. The fourth-order valence-corrected chi connectivity index (χ4v) is 0.519. The van der Waals surface area contributed by atoms with Crippen LogP contribution in [-0.4, -0.2) is 0 Å². The molecule has 0 rings (SSSR count). The van der Waals surface area contributed by atoms with E-state index in [9.17, 15) is 0 Å². The van der Waals surface area contributed by atoms with Gasteiger partial charge in [0.15, 0.2) is 0 Å². The van der Waals surface area contributed by atoms with E-state index in [1.54, 1.807) is 0 Å². The Morgan fingerprint density at radius 2 is 1.45 bits per heavy atom. The highest BCUT2D eigenvalue weighted by molar-refractivity contribution is 5.27. The second kappa shape index (κ2) is 4.95. The van der Waals surface area contributed by atoms with Gasteiger partial charge < -0.3 is 0 Å². The van der Waals surface area contributed by atoms with Gasteiger partial charge in [0.05, 0.1) is 0 Å². The normalized spacial score (nSPS) is 12.3. The molecule has 0 bridgehead atoms. The van der Waals surface area contributed by atoms with Gasteiger partial charge in [0.25, 0.3) is 0 Å². The fraction of sp³-hybridized carbons (Fsp3) is 0.455. The number of allylic oxidation sites excluding steroid dienone is 6. The molecule has 0 aromatic heterocycles. The third-order valence-electron chi connectivity index (χ3n) is 1.84. The van der Waals surface area contributed by atoms with Crippen molar-refractivity contribution in [1.82, 2.24) is 0 Å². The van der Waals surface area contributed by atoms with Crippen molar-refractivity contribution in [1.29, 1.82) is 0 Å². The predicted molar refractivity (Wildman–Crippen MR) is 52.6 cm³/mol. The zero-order valence-electron chi connectivity index (χ0n) is 8.23. The zero-order valence-corrected chi connectivity index (χ0v) is 8.23. The van der Waals surface area contributed by atoms with Gasteiger partial charge in [0.2, 0.25) is 0 Å². The Bertz CT molecular complexity index is 198. The first-order valence-electron chi connectivity index (χ1n) is 4.03. The third kappa shape index (κ3) is 4.60. The molecule has 0 spiro atoms. The maximum absolute atomic E-state index is 2.16. The fourth-order valence-electron chi connectivity index (χ4n) is 0.519. The predicted octanol–water partition coefficient (Wildman–Crippen LogP) is 3.87. The van der Waals surface area contributed by atoms with E-state index in [1.165, 1.54) is 16.7 Å². The minimum atomic E-state index is 1.31. The van der Waals surface area contributed by atoms with Crippen molar-refractivity contribution in [3.05, 3.63) is 34.9 Å². The van der Waals surface area contributed by atoms with Gasteiger partial charge in [0, 0.05) is 0 Å². The standard InChI is InChI=1S/C11H18/c1-6-10(4)7-8-11(5)9(2)3/h6-8H,1-5H3/b8-7+,10-6?. The van der Waals surface area contributed by atoms with E-state index in [0.29, 0.717) is 0 Å². The molecule has 0 nitrogen and oxygen atoms in total. The maximum Gasteiger partial charge on any atom is -0.0398 e. The number of hydrogen-bond acceptors (Lipinski definition) is 0. The van der Waals surface area contributed by atoms with Crippen molar-refractivity contribution in [2.75, 3.05) is 0 Å². The van der Waals surface area contributed by atoms with Crippen molar-refractivity contribution >= 4 is 0 Å². The molecule has 62 valence electrons. The van der Waals surface area contributed by atoms with Gasteiger partial charge in [-0.2, -0.15) is 0 Å². The van der Waals surface area contributed by atoms with Gasteiger partial charge in [-0.25, -0.2) is 0 Å². The second-order valence-corrected chi connectivity index (χ2v) is 3.05. The van der Waals surface area contributed by atoms with Crippen molar-refractivity contribution < 1.29 is 0 Å². The minimum absolute atomic E-state index is 1.31. The smallest absolute Gasteiger partial charge is 0.0398 e. The van der Waals surface area contributed by atoms with Gasteiger partial charge in [-0.05, 0) is 34.6 Å². The summed E-state index contributed by atoms with van der Waals surface area (Å²) >= 11 is 0. The van der Waals surface area contributed by atoms with E-state index in [-0.39, 0.29) is 0 Å². The molecule has 11 heavy (non-hydrogen) atoms. The molecule has 0 aliphatic rings. The van der Waals surface area contributed by atoms with Crippen LogP contribution in [0.5, 0.6) is 0 Å². The largest absolute Gasteiger partial charge is 0.0847 e. The van der Waals surface area contributed by atoms with Crippen molar-refractivity contribution in [3.63, 3.8) is 0 Å². The van der Waals surface area contributed by atoms with Gasteiger partial charge in [-0.1, -0.05) is 34.9 Å². The lowest BCUT2D eigenvalue weighted by Gasteiger charge is -1.94. The summed E-state index contributed by atoms with van der Waals surface area (Å²) in [6.07, 6.45) is 6.40. The summed E-state index contributed by atoms with van der Waals surface area (Å²) in [5, 5.41) is 0. The molecular formula is C11H18. The lowest BCUT2D eigenvalue weighted by Crippen LogP contribution is -1.73. The summed E-state index contributed by atoms with van der Waals surface area (Å²) in [4.78, 5) is 0. The summed E-state index contributed by atoms with van der Waals surface area (Å²) in [6.45, 7) is 10.6. The molecule has 0 heteroatoms. The van der Waals surface area contributed by atoms with Gasteiger partial charge >= 0.3 is 0 Å². The molecule has 0 saturated carbocycles. The quantitative estimate of drug-likeness (QED) is 0.524. The van der Waals surface area contributed by atoms with Gasteiger partial charge in [0.1, 0.15) is 0 Å². The Hall–Kier alpha value is -0.780. The second-order valence-electron chi connectivity index (χ2n) is 3.05. The zero-order chi connectivity index (χ0) is 8.85. The first-order valence-corrected chi connectivity index (χ1v) is 4.03. The number of rotatable bonds is 2. The molecule has 0 fully saturated rings. The molecule has 0 aliphatic heterocycles. The summed E-state index contributed by atoms with van der Waals surface area (Å²) in [5.41, 5.74) is 4.04. The lowest BCUT2D eigenvalue weighted by atomic mass is 10.1. The van der Waals surface area contributed by atoms with Crippen molar-refractivity contribution in [3.8, 4) is 0 Å². The molecule has 0 unspecified atom stereocenters. The minimum Gasteiger partial charge on any atom is -0.0847 e. The van der Waals surface area contributed by atoms with Crippen LogP contribution in [0, 0.1) is 0 Å². The third-order valence-corrected chi connectivity index (χ3v) is 1.84. The van der Waals surface area contributed by atoms with Crippen molar-refractivity contribution in [2.24, 2.45) is 0 Å². The average molecular weight is 150 g/mol. The van der Waals surface area contributed by atoms with Crippen LogP contribution in [-0.2, 0) is 0 Å². The van der Waals surface area contributed by atoms with E-state index in [1.807, 2.05) is 0 Å². The van der Waals surface area contributed by atoms with Crippen LogP contribution in [0.4, 0.5) is 0 Å². The van der Waals surface area contributed by atoms with Crippen LogP contribution in [0.1, 0.15) is 34.6 Å².